The number of nitrogens with two attached hydrogens (primary N) is 1. The highest BCUT2D eigenvalue weighted by atomic mass is 16.5. The van der Waals surface area contributed by atoms with Crippen LogP contribution in [-0.4, -0.2) is 24.5 Å². The maximum Gasteiger partial charge on any atom is 0.310 e. The minimum Gasteiger partial charge on any atom is -0.450 e. The van der Waals surface area contributed by atoms with E-state index in [-0.39, 0.29) is 30.4 Å². The first kappa shape index (κ1) is 14.4. The Balaban J connectivity index is 0.000000199. The van der Waals surface area contributed by atoms with Crippen molar-refractivity contribution >= 4 is 17.8 Å². The van der Waals surface area contributed by atoms with Crippen molar-refractivity contribution in [3.63, 3.8) is 0 Å². The van der Waals surface area contributed by atoms with E-state index in [2.05, 4.69) is 0 Å². The van der Waals surface area contributed by atoms with Crippen LogP contribution in [0, 0.1) is 5.92 Å². The summed E-state index contributed by atoms with van der Waals surface area (Å²) in [4.78, 5) is 31.2. The lowest BCUT2D eigenvalue weighted by molar-refractivity contribution is -0.149. The van der Waals surface area contributed by atoms with Gasteiger partial charge in [0.2, 0.25) is 0 Å². The van der Waals surface area contributed by atoms with Gasteiger partial charge in [0.15, 0.2) is 0 Å². The van der Waals surface area contributed by atoms with Crippen molar-refractivity contribution in [2.24, 2.45) is 11.7 Å². The first-order valence-electron chi connectivity index (χ1n) is 6.03. The van der Waals surface area contributed by atoms with Gasteiger partial charge in [0.25, 0.3) is 11.8 Å². The van der Waals surface area contributed by atoms with E-state index in [1.165, 1.54) is 18.6 Å². The summed E-state index contributed by atoms with van der Waals surface area (Å²) in [6.07, 6.45) is 7.93. The number of imide groups is 1. The zero-order chi connectivity index (χ0) is 13.4. The molecule has 1 heterocycles. The second kappa shape index (κ2) is 7.60. The standard InChI is InChI=1S/C8H15NO2.C4H3NO2/c9-6-11-8(10)7-4-2-1-3-5-7;6-3-1-2-4(7)5-3/h7H,1-6,9H2;1-2H,(H,5,6,7). The van der Waals surface area contributed by atoms with Gasteiger partial charge in [0.1, 0.15) is 6.73 Å². The Morgan fingerprint density at radius 2 is 1.78 bits per heavy atom. The summed E-state index contributed by atoms with van der Waals surface area (Å²) < 4.78 is 4.72. The van der Waals surface area contributed by atoms with Gasteiger partial charge in [-0.1, -0.05) is 19.3 Å². The molecule has 18 heavy (non-hydrogen) atoms. The third-order valence-electron chi connectivity index (χ3n) is 2.80. The van der Waals surface area contributed by atoms with Crippen LogP contribution in [0.3, 0.4) is 0 Å². The van der Waals surface area contributed by atoms with E-state index in [0.717, 1.165) is 25.7 Å². The van der Waals surface area contributed by atoms with Crippen molar-refractivity contribution in [2.75, 3.05) is 6.73 Å². The van der Waals surface area contributed by atoms with E-state index < -0.39 is 0 Å². The molecule has 0 radical (unpaired) electrons. The molecule has 1 saturated carbocycles. The number of carbonyl (C=O) groups is 3. The van der Waals surface area contributed by atoms with Gasteiger partial charge in [-0.15, -0.1) is 0 Å². The third-order valence-corrected chi connectivity index (χ3v) is 2.80. The summed E-state index contributed by atoms with van der Waals surface area (Å²) in [5.41, 5.74) is 5.09. The SMILES string of the molecule is NCOC(=O)C1CCCCC1.O=C1C=CC(=O)N1. The van der Waals surface area contributed by atoms with Crippen molar-refractivity contribution in [3.8, 4) is 0 Å². The van der Waals surface area contributed by atoms with Crippen LogP contribution in [0.4, 0.5) is 0 Å². The maximum absolute atomic E-state index is 11.1. The molecule has 6 nitrogen and oxygen atoms in total. The molecule has 1 fully saturated rings. The Morgan fingerprint density at radius 3 is 2.17 bits per heavy atom. The maximum atomic E-state index is 11.1. The lowest BCUT2D eigenvalue weighted by Gasteiger charge is -2.19. The molecule has 0 saturated heterocycles. The summed E-state index contributed by atoms with van der Waals surface area (Å²) in [5.74, 6) is -0.630. The normalized spacial score (nSPS) is 18.9. The summed E-state index contributed by atoms with van der Waals surface area (Å²) in [7, 11) is 0. The summed E-state index contributed by atoms with van der Waals surface area (Å²) in [6, 6.07) is 0. The van der Waals surface area contributed by atoms with Gasteiger partial charge < -0.3 is 4.74 Å². The number of ether oxygens (including phenoxy) is 1. The van der Waals surface area contributed by atoms with Crippen LogP contribution >= 0.6 is 0 Å². The van der Waals surface area contributed by atoms with Gasteiger partial charge in [-0.3, -0.25) is 25.4 Å². The van der Waals surface area contributed by atoms with E-state index in [1.54, 1.807) is 0 Å². The third kappa shape index (κ3) is 5.09. The van der Waals surface area contributed by atoms with Crippen molar-refractivity contribution in [1.82, 2.24) is 5.32 Å². The number of rotatable bonds is 2. The van der Waals surface area contributed by atoms with Crippen LogP contribution in [0.1, 0.15) is 32.1 Å². The molecule has 100 valence electrons. The number of hydrogen-bond acceptors (Lipinski definition) is 5. The van der Waals surface area contributed by atoms with Crippen LogP contribution in [0.25, 0.3) is 0 Å². The first-order valence-corrected chi connectivity index (χ1v) is 6.03. The molecule has 0 aromatic heterocycles. The minimum atomic E-state index is -0.329. The number of esters is 1. The average molecular weight is 254 g/mol. The molecule has 0 bridgehead atoms. The number of nitrogens with one attached hydrogen (secondary N) is 1. The van der Waals surface area contributed by atoms with E-state index in [9.17, 15) is 14.4 Å². The lowest BCUT2D eigenvalue weighted by Crippen LogP contribution is -2.22. The van der Waals surface area contributed by atoms with Gasteiger partial charge in [-0.25, -0.2) is 0 Å². The molecule has 0 aromatic rings. The Bertz CT molecular complexity index is 330. The highest BCUT2D eigenvalue weighted by molar-refractivity contribution is 6.12. The van der Waals surface area contributed by atoms with Crippen LogP contribution < -0.4 is 11.1 Å². The van der Waals surface area contributed by atoms with Crippen molar-refractivity contribution in [3.05, 3.63) is 12.2 Å². The molecular weight excluding hydrogens is 236 g/mol. The molecule has 2 rings (SSSR count). The number of amides is 2. The van der Waals surface area contributed by atoms with E-state index >= 15 is 0 Å². The van der Waals surface area contributed by atoms with E-state index in [0.29, 0.717) is 0 Å². The summed E-state index contributed by atoms with van der Waals surface area (Å²) in [6.45, 7) is 0.0231. The predicted molar refractivity (Wildman–Crippen MR) is 64.0 cm³/mol. The molecule has 2 aliphatic rings. The molecule has 0 atom stereocenters. The second-order valence-corrected chi connectivity index (χ2v) is 4.15. The fourth-order valence-corrected chi connectivity index (χ4v) is 1.89. The Morgan fingerprint density at radius 1 is 1.22 bits per heavy atom. The van der Waals surface area contributed by atoms with Crippen LogP contribution in [0.2, 0.25) is 0 Å². The van der Waals surface area contributed by atoms with Gasteiger partial charge >= 0.3 is 5.97 Å². The van der Waals surface area contributed by atoms with Gasteiger partial charge in [-0.05, 0) is 12.8 Å². The van der Waals surface area contributed by atoms with Crippen molar-refractivity contribution in [2.45, 2.75) is 32.1 Å². The fraction of sp³-hybridized carbons (Fsp3) is 0.583. The molecular formula is C12H18N2O4. The number of carbonyl (C=O) groups excluding carboxylic acids is 3. The Labute approximate surface area is 106 Å². The smallest absolute Gasteiger partial charge is 0.310 e. The monoisotopic (exact) mass is 254 g/mol. The zero-order valence-electron chi connectivity index (χ0n) is 10.2. The van der Waals surface area contributed by atoms with E-state index in [1.807, 2.05) is 5.32 Å². The molecule has 0 aromatic carbocycles. The summed E-state index contributed by atoms with van der Waals surface area (Å²) >= 11 is 0. The second-order valence-electron chi connectivity index (χ2n) is 4.15. The topological polar surface area (TPSA) is 98.5 Å². The molecule has 3 N–H and O–H groups in total. The van der Waals surface area contributed by atoms with Crippen LogP contribution in [0.5, 0.6) is 0 Å². The van der Waals surface area contributed by atoms with Crippen LogP contribution in [-0.2, 0) is 19.1 Å². The molecule has 1 aliphatic heterocycles. The Hall–Kier alpha value is -1.69. The molecule has 0 unspecified atom stereocenters. The zero-order valence-corrected chi connectivity index (χ0v) is 10.2. The van der Waals surface area contributed by atoms with Crippen LogP contribution in [0.15, 0.2) is 12.2 Å². The molecule has 1 aliphatic carbocycles. The highest BCUT2D eigenvalue weighted by Crippen LogP contribution is 2.24. The van der Waals surface area contributed by atoms with Gasteiger partial charge in [0, 0.05) is 12.2 Å². The average Bonchev–Trinajstić information content (AvgIpc) is 2.75. The van der Waals surface area contributed by atoms with Gasteiger partial charge in [0.05, 0.1) is 5.92 Å². The predicted octanol–water partition coefficient (Wildman–Crippen LogP) is 0.225. The quantitative estimate of drug-likeness (QED) is 0.417. The highest BCUT2D eigenvalue weighted by Gasteiger charge is 2.21. The van der Waals surface area contributed by atoms with E-state index in [4.69, 9.17) is 10.5 Å². The fourth-order valence-electron chi connectivity index (χ4n) is 1.89. The van der Waals surface area contributed by atoms with Gasteiger partial charge in [-0.2, -0.15) is 0 Å². The van der Waals surface area contributed by atoms with Crippen molar-refractivity contribution in [1.29, 1.82) is 0 Å². The molecule has 2 amide bonds. The van der Waals surface area contributed by atoms with Crippen molar-refractivity contribution < 1.29 is 19.1 Å². The molecule has 6 heteroatoms. The first-order chi connectivity index (χ1) is 8.63. The lowest BCUT2D eigenvalue weighted by atomic mass is 9.89. The minimum absolute atomic E-state index is 0.0231. The Kier molecular flexibility index (Phi) is 6.07. The number of hydrogen-bond donors (Lipinski definition) is 2. The summed E-state index contributed by atoms with van der Waals surface area (Å²) in [5, 5.41) is 2.03. The molecule has 0 spiro atoms. The largest absolute Gasteiger partial charge is 0.450 e.